The maximum atomic E-state index is 13.2. The number of carbonyl (C=O) groups excluding carboxylic acids is 2. The van der Waals surface area contributed by atoms with Crippen LogP contribution in [0.3, 0.4) is 0 Å². The fraction of sp³-hybridized carbons (Fsp3) is 0.292. The highest BCUT2D eigenvalue weighted by Gasteiger charge is 2.31. The van der Waals surface area contributed by atoms with Crippen LogP contribution in [-0.2, 0) is 4.74 Å². The van der Waals surface area contributed by atoms with Gasteiger partial charge >= 0.3 is 6.09 Å². The zero-order valence-corrected chi connectivity index (χ0v) is 19.1. The van der Waals surface area contributed by atoms with Crippen molar-refractivity contribution in [3.63, 3.8) is 0 Å². The number of nitrogen functional groups attached to an aromatic ring is 1. The summed E-state index contributed by atoms with van der Waals surface area (Å²) in [7, 11) is 0. The summed E-state index contributed by atoms with van der Waals surface area (Å²) in [6.07, 6.45) is -0.343. The molecular weight excluding hydrogens is 442 g/mol. The van der Waals surface area contributed by atoms with Crippen LogP contribution in [0.15, 0.2) is 48.5 Å². The van der Waals surface area contributed by atoms with Crippen LogP contribution < -0.4 is 11.5 Å². The molecule has 8 nitrogen and oxygen atoms in total. The molecule has 9 heteroatoms. The Morgan fingerprint density at radius 1 is 1.18 bits per heavy atom. The summed E-state index contributed by atoms with van der Waals surface area (Å²) in [6.45, 7) is 3.16. The van der Waals surface area contributed by atoms with Gasteiger partial charge in [0.25, 0.3) is 5.91 Å². The summed E-state index contributed by atoms with van der Waals surface area (Å²) in [4.78, 5) is 33.1. The van der Waals surface area contributed by atoms with Crippen molar-refractivity contribution >= 4 is 40.2 Å². The molecule has 4 rings (SSSR count). The normalized spacial score (nSPS) is 16.2. The average molecular weight is 468 g/mol. The van der Waals surface area contributed by atoms with Crippen molar-refractivity contribution < 1.29 is 14.3 Å². The lowest BCUT2D eigenvalue weighted by Crippen LogP contribution is -2.60. The van der Waals surface area contributed by atoms with E-state index in [1.807, 2.05) is 25.1 Å². The molecule has 0 unspecified atom stereocenters. The monoisotopic (exact) mass is 467 g/mol. The summed E-state index contributed by atoms with van der Waals surface area (Å²) < 4.78 is 5.17. The predicted octanol–water partition coefficient (Wildman–Crippen LogP) is 3.73. The first kappa shape index (κ1) is 22.8. The third kappa shape index (κ3) is 4.86. The molecule has 2 heterocycles. The van der Waals surface area contributed by atoms with Crippen molar-refractivity contribution in [1.82, 2.24) is 14.8 Å². The molecule has 0 saturated carbocycles. The number of hydrogen-bond acceptors (Lipinski definition) is 6. The summed E-state index contributed by atoms with van der Waals surface area (Å²) in [5, 5.41) is 1.29. The lowest BCUT2D eigenvalue weighted by atomic mass is 10.1. The van der Waals surface area contributed by atoms with Crippen LogP contribution in [0.4, 0.5) is 10.5 Å². The smallest absolute Gasteiger partial charge is 0.411 e. The molecule has 0 radical (unpaired) electrons. The minimum atomic E-state index is -0.629. The van der Waals surface area contributed by atoms with Crippen molar-refractivity contribution in [3.8, 4) is 11.3 Å². The molecule has 2 aromatic carbocycles. The number of anilines is 1. The van der Waals surface area contributed by atoms with E-state index < -0.39 is 12.3 Å². The predicted molar refractivity (Wildman–Crippen MR) is 129 cm³/mol. The molecule has 1 saturated heterocycles. The highest BCUT2D eigenvalue weighted by atomic mass is 35.5. The maximum Gasteiger partial charge on any atom is 0.411 e. The Morgan fingerprint density at radius 2 is 2.00 bits per heavy atom. The first-order valence-electron chi connectivity index (χ1n) is 10.8. The highest BCUT2D eigenvalue weighted by Crippen LogP contribution is 2.30. The van der Waals surface area contributed by atoms with Crippen LogP contribution in [0.25, 0.3) is 22.2 Å². The maximum absolute atomic E-state index is 13.2. The first-order chi connectivity index (χ1) is 15.9. The van der Waals surface area contributed by atoms with Crippen molar-refractivity contribution in [2.24, 2.45) is 5.73 Å². The number of rotatable bonds is 4. The van der Waals surface area contributed by atoms with Gasteiger partial charge in [-0.2, -0.15) is 0 Å². The number of fused-ring (bicyclic) bond motifs is 1. The van der Waals surface area contributed by atoms with E-state index >= 15 is 0 Å². The zero-order valence-electron chi connectivity index (χ0n) is 18.3. The first-order valence-corrected chi connectivity index (χ1v) is 11.2. The molecule has 1 aliphatic rings. The number of amides is 2. The Kier molecular flexibility index (Phi) is 6.67. The van der Waals surface area contributed by atoms with Gasteiger partial charge in [-0.1, -0.05) is 36.7 Å². The van der Waals surface area contributed by atoms with Gasteiger partial charge in [-0.3, -0.25) is 9.69 Å². The molecule has 33 heavy (non-hydrogen) atoms. The molecule has 0 aliphatic carbocycles. The molecule has 172 valence electrons. The van der Waals surface area contributed by atoms with E-state index in [-0.39, 0.29) is 12.5 Å². The molecule has 4 N–H and O–H groups in total. The van der Waals surface area contributed by atoms with Crippen LogP contribution >= 0.6 is 11.6 Å². The summed E-state index contributed by atoms with van der Waals surface area (Å²) in [5.74, 6) is -0.179. The topological polar surface area (TPSA) is 115 Å². The zero-order chi connectivity index (χ0) is 23.5. The van der Waals surface area contributed by atoms with Gasteiger partial charge in [0.05, 0.1) is 29.4 Å². The Morgan fingerprint density at radius 3 is 2.73 bits per heavy atom. The van der Waals surface area contributed by atoms with Crippen LogP contribution in [0, 0.1) is 0 Å². The lowest BCUT2D eigenvalue weighted by Gasteiger charge is -2.38. The van der Waals surface area contributed by atoms with Gasteiger partial charge in [0.2, 0.25) is 0 Å². The molecule has 1 fully saturated rings. The SMILES string of the molecule is CCCOC(=O)N1CCN(C(=O)c2ccc3c(Cl)cc(-c4cccc(N)c4)nc3c2)C[C@H]1N. The minimum absolute atomic E-state index is 0.179. The number of piperazine rings is 1. The Bertz CT molecular complexity index is 1200. The van der Waals surface area contributed by atoms with Crippen LogP contribution in [-0.4, -0.2) is 59.2 Å². The largest absolute Gasteiger partial charge is 0.449 e. The number of benzene rings is 2. The number of ether oxygens (including phenoxy) is 1. The van der Waals surface area contributed by atoms with Gasteiger partial charge in [-0.05, 0) is 36.8 Å². The molecule has 0 bridgehead atoms. The van der Waals surface area contributed by atoms with Crippen LogP contribution in [0.5, 0.6) is 0 Å². The average Bonchev–Trinajstić information content (AvgIpc) is 2.81. The molecule has 2 amide bonds. The molecule has 1 aliphatic heterocycles. The molecule has 1 atom stereocenters. The van der Waals surface area contributed by atoms with Crippen LogP contribution in [0.1, 0.15) is 23.7 Å². The molecule has 1 aromatic heterocycles. The van der Waals surface area contributed by atoms with E-state index in [1.165, 1.54) is 4.90 Å². The summed E-state index contributed by atoms with van der Waals surface area (Å²) in [5.41, 5.74) is 15.3. The van der Waals surface area contributed by atoms with E-state index in [4.69, 9.17) is 32.8 Å². The van der Waals surface area contributed by atoms with Gasteiger partial charge in [0.1, 0.15) is 6.17 Å². The van der Waals surface area contributed by atoms with E-state index in [0.29, 0.717) is 47.2 Å². The number of carbonyl (C=O) groups is 2. The number of halogens is 1. The summed E-state index contributed by atoms with van der Waals surface area (Å²) in [6, 6.07) is 14.4. The number of hydrogen-bond donors (Lipinski definition) is 2. The fourth-order valence-corrected chi connectivity index (χ4v) is 4.10. The Hall–Kier alpha value is -3.36. The van der Waals surface area contributed by atoms with Crippen LogP contribution in [0.2, 0.25) is 5.02 Å². The number of nitrogens with zero attached hydrogens (tertiary/aromatic N) is 3. The van der Waals surface area contributed by atoms with Gasteiger partial charge < -0.3 is 21.1 Å². The second-order valence-corrected chi connectivity index (χ2v) is 8.38. The van der Waals surface area contributed by atoms with E-state index in [2.05, 4.69) is 0 Å². The van der Waals surface area contributed by atoms with Crippen molar-refractivity contribution in [2.75, 3.05) is 32.0 Å². The molecule has 0 spiro atoms. The minimum Gasteiger partial charge on any atom is -0.449 e. The number of aromatic nitrogens is 1. The summed E-state index contributed by atoms with van der Waals surface area (Å²) >= 11 is 6.50. The van der Waals surface area contributed by atoms with Crippen molar-refractivity contribution in [3.05, 3.63) is 59.1 Å². The fourth-order valence-electron chi connectivity index (χ4n) is 3.84. The third-order valence-electron chi connectivity index (χ3n) is 5.56. The third-order valence-corrected chi connectivity index (χ3v) is 5.87. The standard InChI is InChI=1S/C24H26ClN5O3/c1-2-10-33-24(32)30-9-8-29(14-22(30)27)23(31)16-6-7-18-19(25)13-20(28-21(18)12-16)15-4-3-5-17(26)11-15/h3-7,11-13,22H,2,8-10,14,26-27H2,1H3/t22-/m0/s1. The van der Waals surface area contributed by atoms with Crippen molar-refractivity contribution in [2.45, 2.75) is 19.5 Å². The quantitative estimate of drug-likeness (QED) is 0.565. The number of pyridine rings is 1. The second-order valence-electron chi connectivity index (χ2n) is 7.97. The molecule has 3 aromatic rings. The second kappa shape index (κ2) is 9.64. The highest BCUT2D eigenvalue weighted by molar-refractivity contribution is 6.35. The van der Waals surface area contributed by atoms with E-state index in [0.717, 1.165) is 17.4 Å². The Balaban J connectivity index is 1.56. The molecular formula is C24H26ClN5O3. The van der Waals surface area contributed by atoms with Gasteiger partial charge in [0.15, 0.2) is 0 Å². The van der Waals surface area contributed by atoms with E-state index in [9.17, 15) is 9.59 Å². The lowest BCUT2D eigenvalue weighted by molar-refractivity contribution is 0.0390. The van der Waals surface area contributed by atoms with Crippen molar-refractivity contribution in [1.29, 1.82) is 0 Å². The van der Waals surface area contributed by atoms with Gasteiger partial charge in [-0.15, -0.1) is 0 Å². The Labute approximate surface area is 197 Å². The van der Waals surface area contributed by atoms with Gasteiger partial charge in [0, 0.05) is 35.3 Å². The number of nitrogens with two attached hydrogens (primary N) is 2. The van der Waals surface area contributed by atoms with Gasteiger partial charge in [-0.25, -0.2) is 9.78 Å². The van der Waals surface area contributed by atoms with E-state index in [1.54, 1.807) is 35.2 Å².